The molecule has 7 heteroatoms. The number of aryl methyl sites for hydroxylation is 1. The van der Waals surface area contributed by atoms with Gasteiger partial charge in [0.05, 0.1) is 5.52 Å². The molecule has 0 atom stereocenters. The van der Waals surface area contributed by atoms with E-state index in [-0.39, 0.29) is 18.1 Å². The number of carbonyl (C=O) groups is 2. The molecule has 152 valence electrons. The van der Waals surface area contributed by atoms with E-state index in [2.05, 4.69) is 20.3 Å². The van der Waals surface area contributed by atoms with E-state index >= 15 is 0 Å². The van der Waals surface area contributed by atoms with E-state index in [4.69, 9.17) is 0 Å². The standard InChI is InChI=1S/C24H19N5O2/c1-29-20-10-4-9-18(21(30)13-17-8-5-11-25-17)22(20)27-24(29)28-23(31)19-12-15-6-2-3-7-16(15)14-26-19/h2-7,9-12,14H,8,13H2,1H3,(H,27,28,31). The number of anilines is 1. The molecule has 1 aliphatic rings. The lowest BCUT2D eigenvalue weighted by Crippen LogP contribution is -2.16. The zero-order chi connectivity index (χ0) is 21.4. The van der Waals surface area contributed by atoms with Crippen LogP contribution >= 0.6 is 0 Å². The molecule has 1 amide bonds. The van der Waals surface area contributed by atoms with Crippen LogP contribution < -0.4 is 5.32 Å². The van der Waals surface area contributed by atoms with Crippen LogP contribution in [-0.4, -0.2) is 31.9 Å². The number of hydrogen-bond acceptors (Lipinski definition) is 5. The minimum absolute atomic E-state index is 0.0415. The van der Waals surface area contributed by atoms with Gasteiger partial charge in [0.15, 0.2) is 5.78 Å². The van der Waals surface area contributed by atoms with Gasteiger partial charge in [0, 0.05) is 48.9 Å². The molecule has 0 bridgehead atoms. The second kappa shape index (κ2) is 7.60. The lowest BCUT2D eigenvalue weighted by molar-refractivity contribution is 0.0998. The Kier molecular flexibility index (Phi) is 4.63. The van der Waals surface area contributed by atoms with Gasteiger partial charge >= 0.3 is 0 Å². The van der Waals surface area contributed by atoms with Gasteiger partial charge in [-0.1, -0.05) is 36.4 Å². The quantitative estimate of drug-likeness (QED) is 0.498. The summed E-state index contributed by atoms with van der Waals surface area (Å²) in [5.74, 6) is -0.0428. The number of rotatable bonds is 5. The predicted octanol–water partition coefficient (Wildman–Crippen LogP) is 4.31. The number of imidazole rings is 1. The van der Waals surface area contributed by atoms with Crippen LogP contribution in [0.1, 0.15) is 33.7 Å². The monoisotopic (exact) mass is 409 g/mol. The molecule has 1 N–H and O–H groups in total. The van der Waals surface area contributed by atoms with Crippen molar-refractivity contribution in [3.63, 3.8) is 0 Å². The van der Waals surface area contributed by atoms with Crippen LogP contribution in [0, 0.1) is 0 Å². The van der Waals surface area contributed by atoms with Gasteiger partial charge in [0.25, 0.3) is 5.91 Å². The Balaban J connectivity index is 1.45. The molecule has 31 heavy (non-hydrogen) atoms. The van der Waals surface area contributed by atoms with E-state index in [1.807, 2.05) is 42.5 Å². The number of amides is 1. The average Bonchev–Trinajstić information content (AvgIpc) is 3.41. The van der Waals surface area contributed by atoms with Crippen molar-refractivity contribution in [2.45, 2.75) is 12.8 Å². The topological polar surface area (TPSA) is 89.2 Å². The summed E-state index contributed by atoms with van der Waals surface area (Å²) in [5, 5.41) is 4.73. The molecule has 3 heterocycles. The van der Waals surface area contributed by atoms with Gasteiger partial charge in [0.2, 0.25) is 5.95 Å². The summed E-state index contributed by atoms with van der Waals surface area (Å²) in [6.07, 6.45) is 6.28. The second-order valence-electron chi connectivity index (χ2n) is 7.42. The number of carbonyl (C=O) groups excluding carboxylic acids is 2. The third kappa shape index (κ3) is 3.50. The molecule has 2 aromatic heterocycles. The van der Waals surface area contributed by atoms with E-state index in [0.29, 0.717) is 29.1 Å². The van der Waals surface area contributed by atoms with Crippen molar-refractivity contribution in [2.24, 2.45) is 12.0 Å². The summed E-state index contributed by atoms with van der Waals surface area (Å²) < 4.78 is 1.76. The molecule has 0 radical (unpaired) electrons. The Hall–Kier alpha value is -4.13. The Morgan fingerprint density at radius 3 is 2.74 bits per heavy atom. The summed E-state index contributed by atoms with van der Waals surface area (Å²) in [6, 6.07) is 14.9. The van der Waals surface area contributed by atoms with Crippen LogP contribution in [0.3, 0.4) is 0 Å². The van der Waals surface area contributed by atoms with Gasteiger partial charge in [0.1, 0.15) is 11.2 Å². The highest BCUT2D eigenvalue weighted by atomic mass is 16.2. The number of pyridine rings is 1. The number of para-hydroxylation sites is 1. The second-order valence-corrected chi connectivity index (χ2v) is 7.42. The molecule has 4 aromatic rings. The average molecular weight is 409 g/mol. The molecule has 0 aliphatic carbocycles. The fourth-order valence-corrected chi connectivity index (χ4v) is 3.72. The molecule has 2 aromatic carbocycles. The SMILES string of the molecule is Cn1c(NC(=O)c2cc3ccccc3cn2)nc2c(C(=O)CC3=NC=CC3)cccc21. The molecule has 0 unspecified atom stereocenters. The molecular weight excluding hydrogens is 390 g/mol. The highest BCUT2D eigenvalue weighted by molar-refractivity contribution is 6.15. The largest absolute Gasteiger partial charge is 0.313 e. The number of nitrogens with one attached hydrogen (secondary N) is 1. The molecule has 1 aliphatic heterocycles. The number of ketones is 1. The number of hydrogen-bond donors (Lipinski definition) is 1. The van der Waals surface area contributed by atoms with Crippen molar-refractivity contribution in [1.29, 1.82) is 0 Å². The van der Waals surface area contributed by atoms with Gasteiger partial charge in [-0.15, -0.1) is 0 Å². The van der Waals surface area contributed by atoms with Gasteiger partial charge in [-0.05, 0) is 23.6 Å². The molecule has 0 saturated heterocycles. The first-order chi connectivity index (χ1) is 15.1. The molecule has 0 spiro atoms. The van der Waals surface area contributed by atoms with E-state index < -0.39 is 0 Å². The first-order valence-electron chi connectivity index (χ1n) is 9.95. The van der Waals surface area contributed by atoms with Crippen LogP contribution in [-0.2, 0) is 7.05 Å². The normalized spacial score (nSPS) is 13.0. The van der Waals surface area contributed by atoms with E-state index in [1.165, 1.54) is 0 Å². The summed E-state index contributed by atoms with van der Waals surface area (Å²) in [7, 11) is 1.80. The summed E-state index contributed by atoms with van der Waals surface area (Å²) in [6.45, 7) is 0. The van der Waals surface area contributed by atoms with Gasteiger partial charge < -0.3 is 4.57 Å². The lowest BCUT2D eigenvalue weighted by Gasteiger charge is -2.05. The van der Waals surface area contributed by atoms with Crippen molar-refractivity contribution >= 4 is 45.2 Å². The van der Waals surface area contributed by atoms with Crippen molar-refractivity contribution in [1.82, 2.24) is 14.5 Å². The van der Waals surface area contributed by atoms with Crippen molar-refractivity contribution in [3.05, 3.63) is 78.3 Å². The molecule has 7 nitrogen and oxygen atoms in total. The Morgan fingerprint density at radius 2 is 1.94 bits per heavy atom. The number of benzene rings is 2. The van der Waals surface area contributed by atoms with E-state index in [0.717, 1.165) is 22.0 Å². The van der Waals surface area contributed by atoms with Gasteiger partial charge in [-0.25, -0.2) is 4.98 Å². The number of fused-ring (bicyclic) bond motifs is 2. The highest BCUT2D eigenvalue weighted by Gasteiger charge is 2.19. The molecule has 5 rings (SSSR count). The molecule has 0 fully saturated rings. The van der Waals surface area contributed by atoms with E-state index in [1.54, 1.807) is 36.1 Å². The third-order valence-corrected chi connectivity index (χ3v) is 5.38. The maximum Gasteiger partial charge on any atom is 0.276 e. The minimum atomic E-state index is -0.358. The maximum absolute atomic E-state index is 12.8. The predicted molar refractivity (Wildman–Crippen MR) is 121 cm³/mol. The number of aromatic nitrogens is 3. The zero-order valence-electron chi connectivity index (χ0n) is 16.9. The van der Waals surface area contributed by atoms with Crippen LogP contribution in [0.5, 0.6) is 0 Å². The molecule has 0 saturated carbocycles. The lowest BCUT2D eigenvalue weighted by atomic mass is 10.0. The van der Waals surface area contributed by atoms with Gasteiger partial charge in [-0.2, -0.15) is 0 Å². The van der Waals surface area contributed by atoms with Crippen LogP contribution in [0.2, 0.25) is 0 Å². The summed E-state index contributed by atoms with van der Waals surface area (Å²) in [4.78, 5) is 38.7. The fraction of sp³-hybridized carbons (Fsp3) is 0.125. The van der Waals surface area contributed by atoms with Crippen LogP contribution in [0.4, 0.5) is 5.95 Å². The zero-order valence-corrected chi connectivity index (χ0v) is 16.9. The smallest absolute Gasteiger partial charge is 0.276 e. The van der Waals surface area contributed by atoms with Crippen molar-refractivity contribution in [3.8, 4) is 0 Å². The van der Waals surface area contributed by atoms with Crippen LogP contribution in [0.25, 0.3) is 21.8 Å². The van der Waals surface area contributed by atoms with Crippen molar-refractivity contribution in [2.75, 3.05) is 5.32 Å². The number of allylic oxidation sites excluding steroid dienone is 1. The van der Waals surface area contributed by atoms with E-state index in [9.17, 15) is 9.59 Å². The fourth-order valence-electron chi connectivity index (χ4n) is 3.72. The summed E-state index contributed by atoms with van der Waals surface area (Å²) in [5.41, 5.74) is 2.98. The van der Waals surface area contributed by atoms with Crippen LogP contribution in [0.15, 0.2) is 72.0 Å². The third-order valence-electron chi connectivity index (χ3n) is 5.38. The Morgan fingerprint density at radius 1 is 1.10 bits per heavy atom. The minimum Gasteiger partial charge on any atom is -0.313 e. The Labute approximate surface area is 178 Å². The first kappa shape index (κ1) is 18.9. The van der Waals surface area contributed by atoms with Crippen molar-refractivity contribution < 1.29 is 9.59 Å². The Bertz CT molecular complexity index is 1410. The number of Topliss-reactive ketones (excluding diaryl/α,β-unsaturated/α-hetero) is 1. The highest BCUT2D eigenvalue weighted by Crippen LogP contribution is 2.24. The van der Waals surface area contributed by atoms with Gasteiger partial charge in [-0.3, -0.25) is 24.9 Å². The first-order valence-corrected chi connectivity index (χ1v) is 9.95. The number of nitrogens with zero attached hydrogens (tertiary/aromatic N) is 4. The maximum atomic E-state index is 12.8. The molecular formula is C24H19N5O2. The summed E-state index contributed by atoms with van der Waals surface area (Å²) >= 11 is 0. The number of aliphatic imine (C=N–C) groups is 1.